The minimum atomic E-state index is 0.141. The van der Waals surface area contributed by atoms with Crippen LogP contribution in [0.3, 0.4) is 0 Å². The fourth-order valence-electron chi connectivity index (χ4n) is 3.39. The van der Waals surface area contributed by atoms with Gasteiger partial charge in [-0.05, 0) is 38.4 Å². The van der Waals surface area contributed by atoms with Gasteiger partial charge in [0.15, 0.2) is 0 Å². The number of amides is 1. The summed E-state index contributed by atoms with van der Waals surface area (Å²) in [4.78, 5) is 16.5. The molecule has 1 aliphatic heterocycles. The van der Waals surface area contributed by atoms with E-state index in [4.69, 9.17) is 12.6 Å². The lowest BCUT2D eigenvalue weighted by molar-refractivity contribution is -0.123. The minimum absolute atomic E-state index is 0.141. The Morgan fingerprint density at radius 3 is 2.43 bits per heavy atom. The molecule has 1 heterocycles. The first-order chi connectivity index (χ1) is 11.0. The molecule has 0 aromatic heterocycles. The van der Waals surface area contributed by atoms with Gasteiger partial charge in [0.05, 0.1) is 11.3 Å². The predicted octanol–water partition coefficient (Wildman–Crippen LogP) is 2.66. The van der Waals surface area contributed by atoms with Crippen molar-refractivity contribution in [1.82, 2.24) is 15.1 Å². The van der Waals surface area contributed by atoms with Gasteiger partial charge in [-0.1, -0.05) is 19.3 Å². The lowest BCUT2D eigenvalue weighted by atomic mass is 9.91. The van der Waals surface area contributed by atoms with E-state index in [1.807, 2.05) is 25.6 Å². The van der Waals surface area contributed by atoms with E-state index in [1.54, 1.807) is 0 Å². The lowest BCUT2D eigenvalue weighted by Crippen LogP contribution is -2.51. The number of thiol groups is 1. The summed E-state index contributed by atoms with van der Waals surface area (Å²) in [6.45, 7) is 8.49. The maximum atomic E-state index is 11.8. The second kappa shape index (κ2) is 10.2. The molecule has 0 spiro atoms. The molecule has 0 aromatic carbocycles. The highest BCUT2D eigenvalue weighted by Crippen LogP contribution is 2.30. The van der Waals surface area contributed by atoms with Gasteiger partial charge in [-0.25, -0.2) is 0 Å². The molecule has 0 bridgehead atoms. The van der Waals surface area contributed by atoms with Gasteiger partial charge in [0, 0.05) is 32.2 Å². The topological polar surface area (TPSA) is 35.6 Å². The van der Waals surface area contributed by atoms with Gasteiger partial charge in [-0.2, -0.15) is 0 Å². The molecule has 1 amide bonds. The largest absolute Gasteiger partial charge is 0.353 e. The molecule has 6 heteroatoms. The zero-order valence-electron chi connectivity index (χ0n) is 14.7. The normalized spacial score (nSPS) is 23.1. The van der Waals surface area contributed by atoms with Gasteiger partial charge < -0.3 is 5.32 Å². The lowest BCUT2D eigenvalue weighted by Gasteiger charge is -2.37. The van der Waals surface area contributed by atoms with Crippen LogP contribution >= 0.6 is 24.4 Å². The van der Waals surface area contributed by atoms with Crippen molar-refractivity contribution in [1.29, 1.82) is 0 Å². The summed E-state index contributed by atoms with van der Waals surface area (Å²) in [6.07, 6.45) is 7.08. The number of thioether (sulfide) groups is 1. The highest BCUT2D eigenvalue weighted by Gasteiger charge is 2.24. The maximum Gasteiger partial charge on any atom is 0.234 e. The molecule has 0 aromatic rings. The van der Waals surface area contributed by atoms with Crippen LogP contribution < -0.4 is 5.32 Å². The van der Waals surface area contributed by atoms with Crippen molar-refractivity contribution >= 4 is 30.3 Å². The van der Waals surface area contributed by atoms with Gasteiger partial charge in [-0.3, -0.25) is 14.6 Å². The van der Waals surface area contributed by atoms with E-state index in [0.717, 1.165) is 32.1 Å². The Bertz CT molecular complexity index is 354. The molecule has 2 aliphatic rings. The van der Waals surface area contributed by atoms with E-state index < -0.39 is 0 Å². The van der Waals surface area contributed by atoms with Gasteiger partial charge in [-0.15, -0.1) is 24.4 Å². The van der Waals surface area contributed by atoms with Crippen molar-refractivity contribution < 1.29 is 4.79 Å². The van der Waals surface area contributed by atoms with Crippen molar-refractivity contribution in [3.05, 3.63) is 0 Å². The molecule has 1 saturated heterocycles. The second-order valence-electron chi connectivity index (χ2n) is 7.20. The summed E-state index contributed by atoms with van der Waals surface area (Å²) in [7, 11) is 0. The Balaban J connectivity index is 1.62. The van der Waals surface area contributed by atoms with E-state index >= 15 is 0 Å². The fraction of sp³-hybridized carbons (Fsp3) is 0.941. The number of carbonyl (C=O) groups excluding carboxylic acids is 1. The van der Waals surface area contributed by atoms with Crippen molar-refractivity contribution in [2.24, 2.45) is 5.92 Å². The molecular formula is C17H33N3OS2. The molecule has 1 saturated carbocycles. The first kappa shape index (κ1) is 19.4. The summed E-state index contributed by atoms with van der Waals surface area (Å²) in [5.74, 6) is 2.30. The molecule has 1 N–H and O–H groups in total. The molecule has 1 atom stereocenters. The predicted molar refractivity (Wildman–Crippen MR) is 103 cm³/mol. The van der Waals surface area contributed by atoms with Crippen LogP contribution in [0.15, 0.2) is 0 Å². The van der Waals surface area contributed by atoms with Gasteiger partial charge in [0.25, 0.3) is 0 Å². The molecule has 4 nitrogen and oxygen atoms in total. The van der Waals surface area contributed by atoms with Crippen LogP contribution in [-0.2, 0) is 4.79 Å². The average molecular weight is 360 g/mol. The third kappa shape index (κ3) is 7.24. The number of hydrogen-bond donors (Lipinski definition) is 2. The van der Waals surface area contributed by atoms with Crippen LogP contribution in [0.5, 0.6) is 0 Å². The average Bonchev–Trinajstić information content (AvgIpc) is 2.53. The van der Waals surface area contributed by atoms with Crippen LogP contribution in [-0.4, -0.2) is 64.9 Å². The number of nitrogens with zero attached hydrogens (tertiary/aromatic N) is 2. The summed E-state index contributed by atoms with van der Waals surface area (Å²) >= 11 is 6.81. The molecule has 2 fully saturated rings. The second-order valence-corrected chi connectivity index (χ2v) is 9.15. The van der Waals surface area contributed by atoms with E-state index in [9.17, 15) is 4.79 Å². The number of rotatable bonds is 7. The Kier molecular flexibility index (Phi) is 8.58. The van der Waals surface area contributed by atoms with E-state index in [1.165, 1.54) is 37.9 Å². The van der Waals surface area contributed by atoms with Crippen molar-refractivity contribution in [3.63, 3.8) is 0 Å². The molecule has 23 heavy (non-hydrogen) atoms. The van der Waals surface area contributed by atoms with Crippen molar-refractivity contribution in [2.75, 3.05) is 38.5 Å². The van der Waals surface area contributed by atoms with Crippen LogP contribution in [0.4, 0.5) is 0 Å². The summed E-state index contributed by atoms with van der Waals surface area (Å²) in [5.41, 5.74) is 0. The fourth-order valence-corrected chi connectivity index (χ4v) is 5.08. The summed E-state index contributed by atoms with van der Waals surface area (Å²) in [5, 5.41) is 2.97. The third-order valence-corrected chi connectivity index (χ3v) is 6.78. The van der Waals surface area contributed by atoms with Crippen molar-refractivity contribution in [3.8, 4) is 0 Å². The molecule has 134 valence electrons. The van der Waals surface area contributed by atoms with E-state index in [2.05, 4.69) is 15.1 Å². The Hall–Kier alpha value is 0.0900. The molecular weight excluding hydrogens is 326 g/mol. The Labute approximate surface area is 151 Å². The summed E-state index contributed by atoms with van der Waals surface area (Å²) in [6, 6.07) is 0.224. The van der Waals surface area contributed by atoms with Gasteiger partial charge in [0.1, 0.15) is 0 Å². The summed E-state index contributed by atoms with van der Waals surface area (Å²) < 4.78 is 0.309. The first-order valence-corrected chi connectivity index (χ1v) is 10.7. The molecule has 1 unspecified atom stereocenters. The SMILES string of the molecule is CC(C)NC(=O)CN1CCN(C(S)SCC2CCCCC2)CC1. The highest BCUT2D eigenvalue weighted by atomic mass is 32.2. The van der Waals surface area contributed by atoms with Crippen LogP contribution in [0.1, 0.15) is 46.0 Å². The maximum absolute atomic E-state index is 11.8. The minimum Gasteiger partial charge on any atom is -0.353 e. The first-order valence-electron chi connectivity index (χ1n) is 9.10. The van der Waals surface area contributed by atoms with Gasteiger partial charge >= 0.3 is 0 Å². The zero-order valence-corrected chi connectivity index (χ0v) is 16.4. The standard InChI is InChI=1S/C17H33N3OS2/c1-14(2)18-16(21)12-19-8-10-20(11-9-19)17(22)23-13-15-6-4-3-5-7-15/h14-15,17,22H,3-13H2,1-2H3,(H,18,21). The Morgan fingerprint density at radius 2 is 1.83 bits per heavy atom. The van der Waals surface area contributed by atoms with Crippen LogP contribution in [0.25, 0.3) is 0 Å². The molecule has 0 radical (unpaired) electrons. The van der Waals surface area contributed by atoms with Crippen LogP contribution in [0.2, 0.25) is 0 Å². The number of carbonyl (C=O) groups is 1. The molecule has 1 aliphatic carbocycles. The number of hydrogen-bond acceptors (Lipinski definition) is 5. The quantitative estimate of drug-likeness (QED) is 0.541. The highest BCUT2D eigenvalue weighted by molar-refractivity contribution is 8.10. The number of piperazine rings is 1. The molecule has 2 rings (SSSR count). The number of nitrogens with one attached hydrogen (secondary N) is 1. The zero-order chi connectivity index (χ0) is 16.7. The van der Waals surface area contributed by atoms with Crippen LogP contribution in [0, 0.1) is 5.92 Å². The monoisotopic (exact) mass is 359 g/mol. The smallest absolute Gasteiger partial charge is 0.234 e. The van der Waals surface area contributed by atoms with E-state index in [0.29, 0.717) is 11.3 Å². The Morgan fingerprint density at radius 1 is 1.17 bits per heavy atom. The van der Waals surface area contributed by atoms with Gasteiger partial charge in [0.2, 0.25) is 5.91 Å². The third-order valence-electron chi connectivity index (χ3n) is 4.74. The van der Waals surface area contributed by atoms with Crippen molar-refractivity contribution in [2.45, 2.75) is 56.7 Å². The van der Waals surface area contributed by atoms with E-state index in [-0.39, 0.29) is 11.9 Å².